The van der Waals surface area contributed by atoms with Gasteiger partial charge in [-0.05, 0) is 43.9 Å². The van der Waals surface area contributed by atoms with Crippen LogP contribution in [-0.2, 0) is 16.1 Å². The fraction of sp³-hybridized carbons (Fsp3) is 0.579. The van der Waals surface area contributed by atoms with Crippen LogP contribution in [0, 0.1) is 0 Å². The first kappa shape index (κ1) is 20.5. The van der Waals surface area contributed by atoms with Gasteiger partial charge in [-0.15, -0.1) is 0 Å². The van der Waals surface area contributed by atoms with Crippen molar-refractivity contribution in [3.8, 4) is 0 Å². The summed E-state index contributed by atoms with van der Waals surface area (Å²) >= 11 is 5.93. The van der Waals surface area contributed by atoms with Gasteiger partial charge in [0.05, 0.1) is 0 Å². The van der Waals surface area contributed by atoms with Gasteiger partial charge in [-0.3, -0.25) is 9.59 Å². The molecule has 24 heavy (non-hydrogen) atoms. The van der Waals surface area contributed by atoms with Crippen LogP contribution in [0.5, 0.6) is 0 Å². The van der Waals surface area contributed by atoms with Gasteiger partial charge in [0.1, 0.15) is 6.04 Å². The summed E-state index contributed by atoms with van der Waals surface area (Å²) in [6.45, 7) is 8.33. The van der Waals surface area contributed by atoms with Crippen molar-refractivity contribution >= 4 is 23.4 Å². The SMILES string of the molecule is CCCC(=O)N(Cc1ccc(Cl)cc1)[C@H](CC)C(=O)N[C@H](C)CC. The van der Waals surface area contributed by atoms with E-state index in [2.05, 4.69) is 5.32 Å². The van der Waals surface area contributed by atoms with Crippen molar-refractivity contribution in [1.29, 1.82) is 0 Å². The molecule has 5 heteroatoms. The Kier molecular flexibility index (Phi) is 8.83. The van der Waals surface area contributed by atoms with Crippen molar-refractivity contribution in [2.45, 2.75) is 72.0 Å². The number of benzene rings is 1. The number of carbonyl (C=O) groups excluding carboxylic acids is 2. The largest absolute Gasteiger partial charge is 0.352 e. The Morgan fingerprint density at radius 1 is 1.12 bits per heavy atom. The molecular weight excluding hydrogens is 324 g/mol. The van der Waals surface area contributed by atoms with Crippen molar-refractivity contribution in [2.75, 3.05) is 0 Å². The van der Waals surface area contributed by atoms with E-state index < -0.39 is 6.04 Å². The van der Waals surface area contributed by atoms with Gasteiger partial charge in [-0.2, -0.15) is 0 Å². The minimum absolute atomic E-state index is 0.0126. The van der Waals surface area contributed by atoms with Gasteiger partial charge in [-0.25, -0.2) is 0 Å². The highest BCUT2D eigenvalue weighted by molar-refractivity contribution is 6.30. The Balaban J connectivity index is 2.98. The number of carbonyl (C=O) groups is 2. The third-order valence-corrected chi connectivity index (χ3v) is 4.37. The van der Waals surface area contributed by atoms with Crippen LogP contribution in [-0.4, -0.2) is 28.8 Å². The maximum absolute atomic E-state index is 12.6. The number of amides is 2. The number of nitrogens with zero attached hydrogens (tertiary/aromatic N) is 1. The second kappa shape index (κ2) is 10.3. The molecule has 0 radical (unpaired) electrons. The third kappa shape index (κ3) is 6.16. The normalized spacial score (nSPS) is 13.2. The molecule has 0 fully saturated rings. The lowest BCUT2D eigenvalue weighted by Gasteiger charge is -2.31. The van der Waals surface area contributed by atoms with Crippen LogP contribution in [0.2, 0.25) is 5.02 Å². The van der Waals surface area contributed by atoms with Crippen LogP contribution < -0.4 is 5.32 Å². The Morgan fingerprint density at radius 3 is 2.25 bits per heavy atom. The average Bonchev–Trinajstić information content (AvgIpc) is 2.56. The molecule has 1 N–H and O–H groups in total. The molecule has 0 saturated heterocycles. The fourth-order valence-electron chi connectivity index (χ4n) is 2.50. The van der Waals surface area contributed by atoms with Crippen molar-refractivity contribution in [3.05, 3.63) is 34.9 Å². The van der Waals surface area contributed by atoms with Gasteiger partial charge < -0.3 is 10.2 Å². The summed E-state index contributed by atoms with van der Waals surface area (Å²) in [5.74, 6) is -0.0659. The van der Waals surface area contributed by atoms with Crippen molar-refractivity contribution in [2.24, 2.45) is 0 Å². The van der Waals surface area contributed by atoms with Crippen LogP contribution in [0.4, 0.5) is 0 Å². The van der Waals surface area contributed by atoms with E-state index in [0.717, 1.165) is 18.4 Å². The molecule has 1 rings (SSSR count). The highest BCUT2D eigenvalue weighted by Crippen LogP contribution is 2.16. The minimum Gasteiger partial charge on any atom is -0.352 e. The summed E-state index contributed by atoms with van der Waals surface area (Å²) in [6.07, 6.45) is 2.66. The van der Waals surface area contributed by atoms with E-state index >= 15 is 0 Å². The molecule has 134 valence electrons. The Labute approximate surface area is 150 Å². The van der Waals surface area contributed by atoms with E-state index in [1.807, 2.05) is 39.8 Å². The van der Waals surface area contributed by atoms with Crippen LogP contribution in [0.15, 0.2) is 24.3 Å². The fourth-order valence-corrected chi connectivity index (χ4v) is 2.63. The smallest absolute Gasteiger partial charge is 0.243 e. The monoisotopic (exact) mass is 352 g/mol. The predicted octanol–water partition coefficient (Wildman–Crippen LogP) is 4.16. The van der Waals surface area contributed by atoms with E-state index in [9.17, 15) is 9.59 Å². The number of halogens is 1. The van der Waals surface area contributed by atoms with Crippen LogP contribution >= 0.6 is 11.6 Å². The van der Waals surface area contributed by atoms with Gasteiger partial charge >= 0.3 is 0 Å². The van der Waals surface area contributed by atoms with Gasteiger partial charge in [-0.1, -0.05) is 44.5 Å². The summed E-state index contributed by atoms with van der Waals surface area (Å²) in [4.78, 5) is 26.9. The lowest BCUT2D eigenvalue weighted by molar-refractivity contribution is -0.141. The first-order valence-electron chi connectivity index (χ1n) is 8.77. The molecular formula is C19H29ClN2O2. The summed E-state index contributed by atoms with van der Waals surface area (Å²) in [5.41, 5.74) is 0.971. The second-order valence-corrected chi connectivity index (χ2v) is 6.58. The number of rotatable bonds is 9. The Morgan fingerprint density at radius 2 is 1.75 bits per heavy atom. The van der Waals surface area contributed by atoms with Crippen molar-refractivity contribution in [1.82, 2.24) is 10.2 Å². The molecule has 0 saturated carbocycles. The zero-order valence-electron chi connectivity index (χ0n) is 15.1. The highest BCUT2D eigenvalue weighted by Gasteiger charge is 2.28. The van der Waals surface area contributed by atoms with Crippen molar-refractivity contribution < 1.29 is 9.59 Å². The topological polar surface area (TPSA) is 49.4 Å². The van der Waals surface area contributed by atoms with Gasteiger partial charge in [0, 0.05) is 24.0 Å². The Bertz CT molecular complexity index is 531. The van der Waals surface area contributed by atoms with E-state index in [0.29, 0.717) is 24.4 Å². The van der Waals surface area contributed by atoms with Gasteiger partial charge in [0.15, 0.2) is 0 Å². The summed E-state index contributed by atoms with van der Waals surface area (Å²) in [7, 11) is 0. The molecule has 0 spiro atoms. The minimum atomic E-state index is -0.450. The van der Waals surface area contributed by atoms with E-state index in [4.69, 9.17) is 11.6 Å². The molecule has 1 aromatic carbocycles. The molecule has 0 aliphatic rings. The highest BCUT2D eigenvalue weighted by atomic mass is 35.5. The second-order valence-electron chi connectivity index (χ2n) is 6.14. The van der Waals surface area contributed by atoms with Crippen LogP contribution in [0.1, 0.15) is 58.9 Å². The number of hydrogen-bond donors (Lipinski definition) is 1. The first-order valence-corrected chi connectivity index (χ1v) is 9.14. The zero-order chi connectivity index (χ0) is 18.1. The average molecular weight is 353 g/mol. The predicted molar refractivity (Wildman–Crippen MR) is 98.9 cm³/mol. The van der Waals surface area contributed by atoms with Crippen LogP contribution in [0.3, 0.4) is 0 Å². The lowest BCUT2D eigenvalue weighted by Crippen LogP contribution is -2.50. The first-order chi connectivity index (χ1) is 11.4. The quantitative estimate of drug-likeness (QED) is 0.725. The molecule has 4 nitrogen and oxygen atoms in total. The van der Waals surface area contributed by atoms with Gasteiger partial charge in [0.2, 0.25) is 11.8 Å². The van der Waals surface area contributed by atoms with Gasteiger partial charge in [0.25, 0.3) is 0 Å². The summed E-state index contributed by atoms with van der Waals surface area (Å²) in [6, 6.07) is 7.06. The number of nitrogens with one attached hydrogen (secondary N) is 1. The lowest BCUT2D eigenvalue weighted by atomic mass is 10.1. The molecule has 0 aromatic heterocycles. The molecule has 2 amide bonds. The molecule has 0 unspecified atom stereocenters. The maximum atomic E-state index is 12.6. The number of hydrogen-bond acceptors (Lipinski definition) is 2. The van der Waals surface area contributed by atoms with Crippen LogP contribution in [0.25, 0.3) is 0 Å². The Hall–Kier alpha value is -1.55. The molecule has 0 aliphatic heterocycles. The molecule has 0 bridgehead atoms. The van der Waals surface area contributed by atoms with E-state index in [1.54, 1.807) is 17.0 Å². The summed E-state index contributed by atoms with van der Waals surface area (Å²) in [5, 5.41) is 3.66. The molecule has 0 aliphatic carbocycles. The van der Waals surface area contributed by atoms with Crippen molar-refractivity contribution in [3.63, 3.8) is 0 Å². The molecule has 1 aromatic rings. The van der Waals surface area contributed by atoms with E-state index in [1.165, 1.54) is 0 Å². The zero-order valence-corrected chi connectivity index (χ0v) is 15.9. The molecule has 2 atom stereocenters. The van der Waals surface area contributed by atoms with E-state index in [-0.39, 0.29) is 17.9 Å². The molecule has 0 heterocycles. The standard InChI is InChI=1S/C19H29ClN2O2/c1-5-8-18(23)22(13-15-9-11-16(20)12-10-15)17(7-3)19(24)21-14(4)6-2/h9-12,14,17H,5-8,13H2,1-4H3,(H,21,24)/t14-,17-/m1/s1. The summed E-state index contributed by atoms with van der Waals surface area (Å²) < 4.78 is 0. The maximum Gasteiger partial charge on any atom is 0.243 e. The third-order valence-electron chi connectivity index (χ3n) is 4.12.